The highest BCUT2D eigenvalue weighted by atomic mass is 32.2. The first-order valence-electron chi connectivity index (χ1n) is 8.94. The monoisotopic (exact) mass is 400 g/mol. The molecule has 0 spiro atoms. The maximum atomic E-state index is 12.9. The number of hydrogen-bond acceptors (Lipinski definition) is 4. The Bertz CT molecular complexity index is 866. The standard InChI is InChI=1S/C18H28N2O4S2/c1-17(2)15-9-10-18(17,16(11-15)20-25(3,21)22)13-26(23,24)19-12-14-7-5-4-6-8-14/h4-8,15-16,19-20H,9-13H2,1-3H3/t15-,16+,18-/m1/s1. The van der Waals surface area contributed by atoms with Gasteiger partial charge in [-0.1, -0.05) is 44.2 Å². The largest absolute Gasteiger partial charge is 0.213 e. The normalized spacial score (nSPS) is 30.6. The number of rotatable bonds is 7. The van der Waals surface area contributed by atoms with Crippen LogP contribution >= 0.6 is 0 Å². The molecule has 3 atom stereocenters. The van der Waals surface area contributed by atoms with Gasteiger partial charge in [-0.25, -0.2) is 26.3 Å². The van der Waals surface area contributed by atoms with E-state index in [1.54, 1.807) is 0 Å². The third-order valence-electron chi connectivity index (χ3n) is 6.57. The lowest BCUT2D eigenvalue weighted by Crippen LogP contribution is -2.53. The molecule has 0 saturated heterocycles. The number of fused-ring (bicyclic) bond motifs is 2. The molecule has 2 fully saturated rings. The first-order chi connectivity index (χ1) is 12.0. The summed E-state index contributed by atoms with van der Waals surface area (Å²) in [6.45, 7) is 4.41. The highest BCUT2D eigenvalue weighted by Crippen LogP contribution is 2.66. The molecule has 0 unspecified atom stereocenters. The van der Waals surface area contributed by atoms with Gasteiger partial charge in [0, 0.05) is 18.0 Å². The van der Waals surface area contributed by atoms with Crippen LogP contribution in [0.1, 0.15) is 38.7 Å². The van der Waals surface area contributed by atoms with Crippen molar-refractivity contribution in [3.63, 3.8) is 0 Å². The van der Waals surface area contributed by atoms with Crippen LogP contribution in [0.2, 0.25) is 0 Å². The van der Waals surface area contributed by atoms with Crippen LogP contribution in [0.15, 0.2) is 30.3 Å². The van der Waals surface area contributed by atoms with E-state index in [1.807, 2.05) is 30.3 Å². The minimum atomic E-state index is -3.55. The van der Waals surface area contributed by atoms with Gasteiger partial charge in [-0.2, -0.15) is 0 Å². The Morgan fingerprint density at radius 1 is 1.12 bits per heavy atom. The van der Waals surface area contributed by atoms with Crippen LogP contribution in [0.5, 0.6) is 0 Å². The van der Waals surface area contributed by atoms with Crippen molar-refractivity contribution in [3.05, 3.63) is 35.9 Å². The lowest BCUT2D eigenvalue weighted by atomic mass is 9.69. The zero-order valence-electron chi connectivity index (χ0n) is 15.5. The molecule has 0 heterocycles. The van der Waals surface area contributed by atoms with Crippen molar-refractivity contribution in [1.29, 1.82) is 0 Å². The fourth-order valence-corrected chi connectivity index (χ4v) is 7.75. The third kappa shape index (κ3) is 3.69. The van der Waals surface area contributed by atoms with Gasteiger partial charge >= 0.3 is 0 Å². The van der Waals surface area contributed by atoms with E-state index >= 15 is 0 Å². The summed E-state index contributed by atoms with van der Waals surface area (Å²) in [6, 6.07) is 9.05. The number of hydrogen-bond donors (Lipinski definition) is 2. The summed E-state index contributed by atoms with van der Waals surface area (Å²) >= 11 is 0. The van der Waals surface area contributed by atoms with Crippen LogP contribution in [0.25, 0.3) is 0 Å². The molecule has 2 N–H and O–H groups in total. The van der Waals surface area contributed by atoms with Gasteiger partial charge in [0.25, 0.3) is 0 Å². The first kappa shape index (κ1) is 19.8. The Balaban J connectivity index is 1.82. The highest BCUT2D eigenvalue weighted by Gasteiger charge is 2.65. The van der Waals surface area contributed by atoms with Gasteiger partial charge in [-0.05, 0) is 36.2 Å². The molecule has 2 aliphatic rings. The lowest BCUT2D eigenvalue weighted by Gasteiger charge is -2.42. The molecule has 0 radical (unpaired) electrons. The Labute approximate surface area is 156 Å². The Kier molecular flexibility index (Phi) is 5.01. The molecule has 0 aromatic heterocycles. The lowest BCUT2D eigenvalue weighted by molar-refractivity contribution is 0.133. The zero-order valence-corrected chi connectivity index (χ0v) is 17.2. The van der Waals surface area contributed by atoms with E-state index in [4.69, 9.17) is 0 Å². The fourth-order valence-electron chi connectivity index (χ4n) is 5.02. The molecule has 1 aromatic carbocycles. The summed E-state index contributed by atoms with van der Waals surface area (Å²) in [4.78, 5) is 0. The van der Waals surface area contributed by atoms with E-state index in [9.17, 15) is 16.8 Å². The van der Waals surface area contributed by atoms with Crippen molar-refractivity contribution >= 4 is 20.0 Å². The van der Waals surface area contributed by atoms with E-state index in [1.165, 1.54) is 0 Å². The Hall–Kier alpha value is -0.960. The van der Waals surface area contributed by atoms with Crippen molar-refractivity contribution in [1.82, 2.24) is 9.44 Å². The minimum absolute atomic E-state index is 0.0521. The molecule has 0 amide bonds. The van der Waals surface area contributed by atoms with Gasteiger partial charge in [-0.3, -0.25) is 0 Å². The SMILES string of the molecule is CC1(C)[C@@H]2CC[C@@]1(CS(=O)(=O)NCc1ccccc1)[C@@H](NS(C)(=O)=O)C2. The summed E-state index contributed by atoms with van der Waals surface area (Å²) in [5.41, 5.74) is 0.0921. The molecule has 3 rings (SSSR count). The summed E-state index contributed by atoms with van der Waals surface area (Å²) in [6.07, 6.45) is 3.52. The molecule has 2 aliphatic carbocycles. The van der Waals surface area contributed by atoms with Gasteiger partial charge in [0.05, 0.1) is 12.0 Å². The van der Waals surface area contributed by atoms with E-state index in [-0.39, 0.29) is 23.8 Å². The highest BCUT2D eigenvalue weighted by molar-refractivity contribution is 7.89. The van der Waals surface area contributed by atoms with Gasteiger partial charge < -0.3 is 0 Å². The van der Waals surface area contributed by atoms with Gasteiger partial charge in [0.15, 0.2) is 0 Å². The van der Waals surface area contributed by atoms with E-state index in [0.29, 0.717) is 12.3 Å². The molecule has 26 heavy (non-hydrogen) atoms. The summed E-state index contributed by atoms with van der Waals surface area (Å²) in [5.74, 6) is 0.287. The Morgan fingerprint density at radius 3 is 2.35 bits per heavy atom. The predicted molar refractivity (Wildman–Crippen MR) is 102 cm³/mol. The zero-order chi connectivity index (χ0) is 19.2. The van der Waals surface area contributed by atoms with Crippen molar-refractivity contribution in [3.8, 4) is 0 Å². The second kappa shape index (κ2) is 6.58. The number of benzene rings is 1. The molecule has 2 saturated carbocycles. The molecule has 146 valence electrons. The summed E-state index contributed by atoms with van der Waals surface area (Å²) in [5, 5.41) is 0. The smallest absolute Gasteiger partial charge is 0.212 e. The van der Waals surface area contributed by atoms with Crippen LogP contribution in [-0.4, -0.2) is 34.9 Å². The third-order valence-corrected chi connectivity index (χ3v) is 8.76. The van der Waals surface area contributed by atoms with Crippen LogP contribution in [-0.2, 0) is 26.6 Å². The molecule has 2 bridgehead atoms. The van der Waals surface area contributed by atoms with Gasteiger partial charge in [-0.15, -0.1) is 0 Å². The van der Waals surface area contributed by atoms with E-state index < -0.39 is 25.5 Å². The number of nitrogens with one attached hydrogen (secondary N) is 2. The van der Waals surface area contributed by atoms with Gasteiger partial charge in [0.2, 0.25) is 20.0 Å². The molecular formula is C18H28N2O4S2. The van der Waals surface area contributed by atoms with Crippen molar-refractivity contribution in [2.24, 2.45) is 16.7 Å². The molecule has 1 aromatic rings. The summed E-state index contributed by atoms with van der Waals surface area (Å²) < 4.78 is 54.8. The quantitative estimate of drug-likeness (QED) is 0.731. The predicted octanol–water partition coefficient (Wildman–Crippen LogP) is 1.85. The van der Waals surface area contributed by atoms with Crippen LogP contribution in [0.4, 0.5) is 0 Å². The van der Waals surface area contributed by atoms with E-state index in [2.05, 4.69) is 23.3 Å². The van der Waals surface area contributed by atoms with E-state index in [0.717, 1.165) is 24.7 Å². The van der Waals surface area contributed by atoms with Crippen molar-refractivity contribution in [2.45, 2.75) is 45.7 Å². The maximum absolute atomic E-state index is 12.9. The fraction of sp³-hybridized carbons (Fsp3) is 0.667. The second-order valence-corrected chi connectivity index (χ2v) is 11.9. The van der Waals surface area contributed by atoms with Crippen molar-refractivity contribution in [2.75, 3.05) is 12.0 Å². The number of sulfonamides is 2. The molecule has 6 nitrogen and oxygen atoms in total. The van der Waals surface area contributed by atoms with Gasteiger partial charge in [0.1, 0.15) is 0 Å². The minimum Gasteiger partial charge on any atom is -0.213 e. The second-order valence-electron chi connectivity index (χ2n) is 8.36. The van der Waals surface area contributed by atoms with Crippen LogP contribution < -0.4 is 9.44 Å². The average Bonchev–Trinajstić information content (AvgIpc) is 2.87. The molecule has 0 aliphatic heterocycles. The maximum Gasteiger partial charge on any atom is 0.212 e. The van der Waals surface area contributed by atoms with Crippen molar-refractivity contribution < 1.29 is 16.8 Å². The van der Waals surface area contributed by atoms with Crippen LogP contribution in [0, 0.1) is 16.7 Å². The topological polar surface area (TPSA) is 92.3 Å². The molecular weight excluding hydrogens is 372 g/mol. The average molecular weight is 401 g/mol. The molecule has 8 heteroatoms. The van der Waals surface area contributed by atoms with Crippen LogP contribution in [0.3, 0.4) is 0 Å². The first-order valence-corrected chi connectivity index (χ1v) is 12.5. The summed E-state index contributed by atoms with van der Waals surface area (Å²) in [7, 11) is -6.95. The Morgan fingerprint density at radius 2 is 1.77 bits per heavy atom.